The van der Waals surface area contributed by atoms with E-state index in [0.29, 0.717) is 6.61 Å². The van der Waals surface area contributed by atoms with Gasteiger partial charge in [-0.1, -0.05) is 13.8 Å². The highest BCUT2D eigenvalue weighted by atomic mass is 16.5. The van der Waals surface area contributed by atoms with Crippen LogP contribution in [0, 0.1) is 5.92 Å². The zero-order chi connectivity index (χ0) is 15.3. The second-order valence-corrected chi connectivity index (χ2v) is 6.36. The molecule has 0 aliphatic carbocycles. The SMILES string of the molecule is CC(C)C(CC(=O)O)NC(=O)NC1CCOC(C)(C)C1. The van der Waals surface area contributed by atoms with Gasteiger partial charge in [-0.2, -0.15) is 0 Å². The Balaban J connectivity index is 2.47. The summed E-state index contributed by atoms with van der Waals surface area (Å²) in [6.07, 6.45) is 1.47. The van der Waals surface area contributed by atoms with E-state index in [0.717, 1.165) is 12.8 Å². The second-order valence-electron chi connectivity index (χ2n) is 6.36. The van der Waals surface area contributed by atoms with Crippen molar-refractivity contribution in [3.8, 4) is 0 Å². The Kier molecular flexibility index (Phi) is 5.80. The Labute approximate surface area is 120 Å². The van der Waals surface area contributed by atoms with Crippen LogP contribution in [0.25, 0.3) is 0 Å². The smallest absolute Gasteiger partial charge is 0.315 e. The lowest BCUT2D eigenvalue weighted by Gasteiger charge is -2.36. The van der Waals surface area contributed by atoms with Crippen molar-refractivity contribution in [2.24, 2.45) is 5.92 Å². The van der Waals surface area contributed by atoms with Gasteiger partial charge in [-0.25, -0.2) is 4.79 Å². The van der Waals surface area contributed by atoms with Crippen molar-refractivity contribution in [2.75, 3.05) is 6.61 Å². The summed E-state index contributed by atoms with van der Waals surface area (Å²) in [5.74, 6) is -0.834. The van der Waals surface area contributed by atoms with Crippen LogP contribution in [0.3, 0.4) is 0 Å². The number of aliphatic carboxylic acids is 1. The van der Waals surface area contributed by atoms with E-state index < -0.39 is 5.97 Å². The lowest BCUT2D eigenvalue weighted by atomic mass is 9.94. The summed E-state index contributed by atoms with van der Waals surface area (Å²) in [5, 5.41) is 14.5. The highest BCUT2D eigenvalue weighted by Crippen LogP contribution is 2.23. The minimum atomic E-state index is -0.906. The molecule has 0 radical (unpaired) electrons. The molecule has 1 saturated heterocycles. The summed E-state index contributed by atoms with van der Waals surface area (Å²) in [6.45, 7) is 8.41. The van der Waals surface area contributed by atoms with Crippen molar-refractivity contribution < 1.29 is 19.4 Å². The lowest BCUT2D eigenvalue weighted by molar-refractivity contribution is -0.137. The molecule has 0 bridgehead atoms. The first-order valence-corrected chi connectivity index (χ1v) is 7.12. The zero-order valence-corrected chi connectivity index (χ0v) is 12.7. The van der Waals surface area contributed by atoms with Crippen LogP contribution < -0.4 is 10.6 Å². The molecule has 2 atom stereocenters. The van der Waals surface area contributed by atoms with Crippen LogP contribution in [-0.2, 0) is 9.53 Å². The Bertz CT molecular complexity index is 355. The molecule has 0 aromatic rings. The first-order chi connectivity index (χ1) is 9.19. The fourth-order valence-corrected chi connectivity index (χ4v) is 2.39. The molecule has 0 aromatic heterocycles. The summed E-state index contributed by atoms with van der Waals surface area (Å²) in [6, 6.07) is -0.593. The number of amides is 2. The molecule has 0 saturated carbocycles. The van der Waals surface area contributed by atoms with E-state index in [-0.39, 0.29) is 36.1 Å². The van der Waals surface area contributed by atoms with Crippen LogP contribution in [-0.4, -0.2) is 41.4 Å². The molecule has 1 rings (SSSR count). The monoisotopic (exact) mass is 286 g/mol. The molecule has 1 aliphatic rings. The van der Waals surface area contributed by atoms with Crippen molar-refractivity contribution in [2.45, 2.75) is 64.6 Å². The predicted molar refractivity (Wildman–Crippen MR) is 75.6 cm³/mol. The first-order valence-electron chi connectivity index (χ1n) is 7.12. The Morgan fingerprint density at radius 2 is 2.05 bits per heavy atom. The van der Waals surface area contributed by atoms with Crippen LogP contribution >= 0.6 is 0 Å². The van der Waals surface area contributed by atoms with Gasteiger partial charge in [0.05, 0.1) is 12.0 Å². The standard InChI is InChI=1S/C14H26N2O4/c1-9(2)11(7-12(17)18)16-13(19)15-10-5-6-20-14(3,4)8-10/h9-11H,5-8H2,1-4H3,(H,17,18)(H2,15,16,19). The van der Waals surface area contributed by atoms with Gasteiger partial charge >= 0.3 is 12.0 Å². The molecule has 1 fully saturated rings. The third-order valence-corrected chi connectivity index (χ3v) is 3.55. The quantitative estimate of drug-likeness (QED) is 0.718. The number of hydrogen-bond donors (Lipinski definition) is 3. The molecule has 6 heteroatoms. The van der Waals surface area contributed by atoms with E-state index in [9.17, 15) is 9.59 Å². The maximum atomic E-state index is 12.0. The van der Waals surface area contributed by atoms with E-state index >= 15 is 0 Å². The summed E-state index contributed by atoms with van der Waals surface area (Å²) in [4.78, 5) is 22.7. The average Bonchev–Trinajstić information content (AvgIpc) is 2.25. The molecule has 20 heavy (non-hydrogen) atoms. The molecule has 3 N–H and O–H groups in total. The van der Waals surface area contributed by atoms with E-state index in [1.54, 1.807) is 0 Å². The number of rotatable bonds is 5. The van der Waals surface area contributed by atoms with E-state index in [4.69, 9.17) is 9.84 Å². The molecule has 0 aromatic carbocycles. The number of carbonyl (C=O) groups is 2. The molecule has 1 heterocycles. The van der Waals surface area contributed by atoms with Gasteiger partial charge in [0.15, 0.2) is 0 Å². The van der Waals surface area contributed by atoms with Crippen LogP contribution in [0.15, 0.2) is 0 Å². The zero-order valence-electron chi connectivity index (χ0n) is 12.7. The largest absolute Gasteiger partial charge is 0.481 e. The maximum Gasteiger partial charge on any atom is 0.315 e. The van der Waals surface area contributed by atoms with E-state index in [2.05, 4.69) is 10.6 Å². The van der Waals surface area contributed by atoms with Gasteiger partial charge in [0.2, 0.25) is 0 Å². The van der Waals surface area contributed by atoms with Crippen molar-refractivity contribution >= 4 is 12.0 Å². The van der Waals surface area contributed by atoms with Crippen LogP contribution in [0.1, 0.15) is 47.0 Å². The van der Waals surface area contributed by atoms with Crippen molar-refractivity contribution in [1.29, 1.82) is 0 Å². The van der Waals surface area contributed by atoms with Crippen LogP contribution in [0.4, 0.5) is 4.79 Å². The molecular formula is C14H26N2O4. The highest BCUT2D eigenvalue weighted by Gasteiger charge is 2.30. The number of carbonyl (C=O) groups excluding carboxylic acids is 1. The summed E-state index contributed by atoms with van der Waals surface area (Å²) in [7, 11) is 0. The van der Waals surface area contributed by atoms with Gasteiger partial charge in [0, 0.05) is 18.7 Å². The third-order valence-electron chi connectivity index (χ3n) is 3.55. The second kappa shape index (κ2) is 6.92. The number of ether oxygens (including phenoxy) is 1. The maximum absolute atomic E-state index is 12.0. The molecule has 1 aliphatic heterocycles. The first kappa shape index (κ1) is 16.8. The van der Waals surface area contributed by atoms with Crippen molar-refractivity contribution in [3.63, 3.8) is 0 Å². The molecule has 2 amide bonds. The van der Waals surface area contributed by atoms with Crippen molar-refractivity contribution in [3.05, 3.63) is 0 Å². The minimum Gasteiger partial charge on any atom is -0.481 e. The van der Waals surface area contributed by atoms with Gasteiger partial charge in [0.1, 0.15) is 0 Å². The van der Waals surface area contributed by atoms with Gasteiger partial charge in [-0.3, -0.25) is 4.79 Å². The number of hydrogen-bond acceptors (Lipinski definition) is 3. The molecular weight excluding hydrogens is 260 g/mol. The predicted octanol–water partition coefficient (Wildman–Crippen LogP) is 1.74. The van der Waals surface area contributed by atoms with Gasteiger partial charge in [0.25, 0.3) is 0 Å². The Hall–Kier alpha value is -1.30. The fourth-order valence-electron chi connectivity index (χ4n) is 2.39. The Morgan fingerprint density at radius 1 is 1.40 bits per heavy atom. The van der Waals surface area contributed by atoms with E-state index in [1.165, 1.54) is 0 Å². The molecule has 2 unspecified atom stereocenters. The van der Waals surface area contributed by atoms with Crippen LogP contribution in [0.5, 0.6) is 0 Å². The summed E-state index contributed by atoms with van der Waals surface area (Å²) >= 11 is 0. The third kappa shape index (κ3) is 5.77. The minimum absolute atomic E-state index is 0.0651. The Morgan fingerprint density at radius 3 is 2.55 bits per heavy atom. The number of urea groups is 1. The molecule has 0 spiro atoms. The fraction of sp³-hybridized carbons (Fsp3) is 0.857. The number of carboxylic acids is 1. The van der Waals surface area contributed by atoms with Gasteiger partial charge in [-0.15, -0.1) is 0 Å². The lowest BCUT2D eigenvalue weighted by Crippen LogP contribution is -2.52. The van der Waals surface area contributed by atoms with Crippen molar-refractivity contribution in [1.82, 2.24) is 10.6 Å². The molecule has 116 valence electrons. The number of nitrogens with one attached hydrogen (secondary N) is 2. The van der Waals surface area contributed by atoms with Crippen LogP contribution in [0.2, 0.25) is 0 Å². The normalized spacial score (nSPS) is 23.1. The highest BCUT2D eigenvalue weighted by molar-refractivity contribution is 5.76. The summed E-state index contributed by atoms with van der Waals surface area (Å²) < 4.78 is 5.60. The number of carboxylic acid groups (broad SMARTS) is 1. The van der Waals surface area contributed by atoms with Gasteiger partial charge in [-0.05, 0) is 32.6 Å². The van der Waals surface area contributed by atoms with E-state index in [1.807, 2.05) is 27.7 Å². The average molecular weight is 286 g/mol. The molecule has 6 nitrogen and oxygen atoms in total. The van der Waals surface area contributed by atoms with Gasteiger partial charge < -0.3 is 20.5 Å². The summed E-state index contributed by atoms with van der Waals surface area (Å²) in [5.41, 5.74) is -0.227. The topological polar surface area (TPSA) is 87.7 Å².